The monoisotopic (exact) mass is 428 g/mol. The van der Waals surface area contributed by atoms with Crippen LogP contribution in [0.1, 0.15) is 0 Å². The van der Waals surface area contributed by atoms with Crippen molar-refractivity contribution in [3.63, 3.8) is 0 Å². The van der Waals surface area contributed by atoms with E-state index in [0.29, 0.717) is 45.9 Å². The van der Waals surface area contributed by atoms with Crippen LogP contribution in [0, 0.1) is 0 Å². The lowest BCUT2D eigenvalue weighted by molar-refractivity contribution is 0.413. The number of nitrogens with zero attached hydrogens (tertiary/aromatic N) is 4. The van der Waals surface area contributed by atoms with E-state index in [2.05, 4.69) is 30.6 Å². The van der Waals surface area contributed by atoms with Crippen molar-refractivity contribution in [2.45, 2.75) is 0 Å². The van der Waals surface area contributed by atoms with Gasteiger partial charge in [0.15, 0.2) is 5.58 Å². The van der Waals surface area contributed by atoms with Crippen molar-refractivity contribution in [3.05, 3.63) is 55.0 Å². The molecule has 4 aromatic heterocycles. The summed E-state index contributed by atoms with van der Waals surface area (Å²) in [6, 6.07) is 11.1. The first-order chi connectivity index (χ1) is 15.7. The Bertz CT molecular complexity index is 1420. The summed E-state index contributed by atoms with van der Waals surface area (Å²) >= 11 is 0. The van der Waals surface area contributed by atoms with Gasteiger partial charge >= 0.3 is 0 Å². The van der Waals surface area contributed by atoms with E-state index in [1.807, 2.05) is 43.4 Å². The molecule has 0 saturated carbocycles. The number of hydrogen-bond donors (Lipinski definition) is 2. The van der Waals surface area contributed by atoms with Crippen LogP contribution >= 0.6 is 0 Å². The van der Waals surface area contributed by atoms with Crippen LogP contribution < -0.4 is 20.1 Å². The molecule has 9 nitrogen and oxygen atoms in total. The summed E-state index contributed by atoms with van der Waals surface area (Å²) in [4.78, 5) is 18.0. The molecule has 1 aromatic carbocycles. The van der Waals surface area contributed by atoms with Crippen molar-refractivity contribution < 1.29 is 13.9 Å². The first-order valence-corrected chi connectivity index (χ1v) is 9.87. The van der Waals surface area contributed by atoms with Crippen molar-refractivity contribution in [1.29, 1.82) is 0 Å². The number of fused-ring (bicyclic) bond motifs is 2. The minimum atomic E-state index is 0.466. The summed E-state index contributed by atoms with van der Waals surface area (Å²) in [5, 5.41) is 8.05. The largest absolute Gasteiger partial charge is 0.497 e. The molecule has 0 saturated heterocycles. The molecule has 0 spiro atoms. The number of anilines is 3. The number of rotatable bonds is 6. The van der Waals surface area contributed by atoms with Crippen LogP contribution in [0.4, 0.5) is 17.5 Å². The predicted molar refractivity (Wildman–Crippen MR) is 123 cm³/mol. The van der Waals surface area contributed by atoms with Crippen LogP contribution in [-0.4, -0.2) is 41.2 Å². The van der Waals surface area contributed by atoms with Crippen LogP contribution in [0.15, 0.2) is 59.4 Å². The van der Waals surface area contributed by atoms with Crippen LogP contribution in [0.2, 0.25) is 0 Å². The summed E-state index contributed by atoms with van der Waals surface area (Å²) in [5.74, 6) is 3.85. The minimum Gasteiger partial charge on any atom is -0.497 e. The highest BCUT2D eigenvalue weighted by molar-refractivity contribution is 6.01. The van der Waals surface area contributed by atoms with Crippen molar-refractivity contribution in [2.24, 2.45) is 0 Å². The Morgan fingerprint density at radius 3 is 2.38 bits per heavy atom. The van der Waals surface area contributed by atoms with E-state index in [1.165, 1.54) is 0 Å². The van der Waals surface area contributed by atoms with Gasteiger partial charge in [-0.3, -0.25) is 0 Å². The van der Waals surface area contributed by atoms with Gasteiger partial charge in [-0.15, -0.1) is 0 Å². The van der Waals surface area contributed by atoms with Gasteiger partial charge < -0.3 is 24.5 Å². The number of aromatic nitrogens is 4. The standard InChI is InChI=1S/C23H20N6O3/c1-24-22-16-11-26-21(29-20-7-5-14(31-3)10-25-20)9-15(16)17(12-27-22)23-28-18-8-13(30-2)4-6-19(18)32-23/h4-12H,1-3H3,(H,24,27)(H,25,26,29). The molecule has 160 valence electrons. The Morgan fingerprint density at radius 1 is 0.812 bits per heavy atom. The van der Waals surface area contributed by atoms with E-state index in [-0.39, 0.29) is 0 Å². The van der Waals surface area contributed by atoms with Gasteiger partial charge in [-0.1, -0.05) is 0 Å². The van der Waals surface area contributed by atoms with Crippen molar-refractivity contribution in [1.82, 2.24) is 19.9 Å². The number of hydrogen-bond acceptors (Lipinski definition) is 9. The fourth-order valence-electron chi connectivity index (χ4n) is 3.43. The molecule has 4 heterocycles. The minimum absolute atomic E-state index is 0.466. The molecule has 5 aromatic rings. The maximum atomic E-state index is 6.02. The molecule has 9 heteroatoms. The number of methoxy groups -OCH3 is 2. The van der Waals surface area contributed by atoms with Crippen molar-refractivity contribution >= 4 is 39.3 Å². The highest BCUT2D eigenvalue weighted by Crippen LogP contribution is 2.34. The Hall–Kier alpha value is -4.40. The molecule has 0 atom stereocenters. The molecular weight excluding hydrogens is 408 g/mol. The number of pyridine rings is 3. The number of nitrogens with one attached hydrogen (secondary N) is 2. The molecule has 0 amide bonds. The van der Waals surface area contributed by atoms with Gasteiger partial charge in [-0.25, -0.2) is 19.9 Å². The molecule has 0 bridgehead atoms. The van der Waals surface area contributed by atoms with E-state index in [1.54, 1.807) is 32.8 Å². The van der Waals surface area contributed by atoms with E-state index < -0.39 is 0 Å². The van der Waals surface area contributed by atoms with Gasteiger partial charge in [0.1, 0.15) is 34.5 Å². The van der Waals surface area contributed by atoms with Crippen LogP contribution in [0.5, 0.6) is 11.5 Å². The topological polar surface area (TPSA) is 107 Å². The molecule has 0 aliphatic heterocycles. The molecular formula is C23H20N6O3. The van der Waals surface area contributed by atoms with Gasteiger partial charge in [-0.05, 0) is 30.3 Å². The zero-order chi connectivity index (χ0) is 22.1. The second kappa shape index (κ2) is 8.03. The second-order valence-electron chi connectivity index (χ2n) is 6.95. The lowest BCUT2D eigenvalue weighted by atomic mass is 10.1. The number of oxazole rings is 1. The average Bonchev–Trinajstić information content (AvgIpc) is 3.26. The summed E-state index contributed by atoms with van der Waals surface area (Å²) in [7, 11) is 5.04. The lowest BCUT2D eigenvalue weighted by Gasteiger charge is -2.11. The molecule has 0 aliphatic carbocycles. The summed E-state index contributed by atoms with van der Waals surface area (Å²) in [5.41, 5.74) is 2.13. The average molecular weight is 428 g/mol. The zero-order valence-corrected chi connectivity index (χ0v) is 17.7. The third-order valence-corrected chi connectivity index (χ3v) is 5.06. The van der Waals surface area contributed by atoms with E-state index in [4.69, 9.17) is 13.9 Å². The Morgan fingerprint density at radius 2 is 1.62 bits per heavy atom. The highest BCUT2D eigenvalue weighted by Gasteiger charge is 2.16. The van der Waals surface area contributed by atoms with Gasteiger partial charge in [-0.2, -0.15) is 0 Å². The van der Waals surface area contributed by atoms with Crippen LogP contribution in [0.25, 0.3) is 33.3 Å². The van der Waals surface area contributed by atoms with E-state index >= 15 is 0 Å². The normalized spacial score (nSPS) is 11.0. The lowest BCUT2D eigenvalue weighted by Crippen LogP contribution is -1.99. The molecule has 0 unspecified atom stereocenters. The smallest absolute Gasteiger partial charge is 0.229 e. The maximum Gasteiger partial charge on any atom is 0.229 e. The van der Waals surface area contributed by atoms with Crippen LogP contribution in [0.3, 0.4) is 0 Å². The van der Waals surface area contributed by atoms with Gasteiger partial charge in [0.2, 0.25) is 5.89 Å². The third kappa shape index (κ3) is 3.49. The number of ether oxygens (including phenoxy) is 2. The van der Waals surface area contributed by atoms with Gasteiger partial charge in [0.25, 0.3) is 0 Å². The third-order valence-electron chi connectivity index (χ3n) is 5.06. The molecule has 0 aliphatic rings. The SMILES string of the molecule is CNc1ncc(-c2nc3cc(OC)ccc3o2)c2cc(Nc3ccc(OC)cn3)ncc12. The summed E-state index contributed by atoms with van der Waals surface area (Å²) in [6.45, 7) is 0. The molecule has 0 fully saturated rings. The molecule has 0 radical (unpaired) electrons. The van der Waals surface area contributed by atoms with Crippen LogP contribution in [-0.2, 0) is 0 Å². The zero-order valence-electron chi connectivity index (χ0n) is 17.7. The Kier molecular flexibility index (Phi) is 4.91. The van der Waals surface area contributed by atoms with Gasteiger partial charge in [0, 0.05) is 36.3 Å². The maximum absolute atomic E-state index is 6.02. The molecule has 32 heavy (non-hydrogen) atoms. The first-order valence-electron chi connectivity index (χ1n) is 9.87. The fraction of sp³-hybridized carbons (Fsp3) is 0.130. The highest BCUT2D eigenvalue weighted by atomic mass is 16.5. The van der Waals surface area contributed by atoms with Gasteiger partial charge in [0.05, 0.1) is 26.0 Å². The van der Waals surface area contributed by atoms with Crippen molar-refractivity contribution in [3.8, 4) is 23.0 Å². The quantitative estimate of drug-likeness (QED) is 0.400. The fourth-order valence-corrected chi connectivity index (χ4v) is 3.43. The Balaban J connectivity index is 1.61. The Labute approximate surface area is 183 Å². The van der Waals surface area contributed by atoms with E-state index in [0.717, 1.165) is 16.3 Å². The van der Waals surface area contributed by atoms with E-state index in [9.17, 15) is 0 Å². The summed E-state index contributed by atoms with van der Waals surface area (Å²) < 4.78 is 16.5. The second-order valence-corrected chi connectivity index (χ2v) is 6.95. The molecule has 5 rings (SSSR count). The van der Waals surface area contributed by atoms with Crippen molar-refractivity contribution in [2.75, 3.05) is 31.9 Å². The molecule has 2 N–H and O–H groups in total. The number of benzene rings is 1. The summed E-state index contributed by atoms with van der Waals surface area (Å²) in [6.07, 6.45) is 5.14. The predicted octanol–water partition coefficient (Wildman–Crippen LogP) is 4.64. The first kappa shape index (κ1) is 19.6.